The zero-order valence-corrected chi connectivity index (χ0v) is 17.4. The van der Waals surface area contributed by atoms with Gasteiger partial charge in [-0.1, -0.05) is 37.2 Å². The zero-order chi connectivity index (χ0) is 20.5. The molecule has 152 valence electrons. The zero-order valence-electron chi connectivity index (χ0n) is 16.6. The number of benzene rings is 1. The van der Waals surface area contributed by atoms with Crippen LogP contribution in [-0.4, -0.2) is 40.9 Å². The Labute approximate surface area is 170 Å². The van der Waals surface area contributed by atoms with E-state index in [4.69, 9.17) is 4.52 Å². The van der Waals surface area contributed by atoms with Gasteiger partial charge in [0, 0.05) is 36.5 Å². The minimum Gasteiger partial charge on any atom is -0.334 e. The van der Waals surface area contributed by atoms with Crippen LogP contribution in [0.5, 0.6) is 0 Å². The second kappa shape index (κ2) is 7.68. The molecule has 1 unspecified atom stereocenters. The third-order valence-electron chi connectivity index (χ3n) is 5.53. The molecule has 29 heavy (non-hydrogen) atoms. The summed E-state index contributed by atoms with van der Waals surface area (Å²) in [5.41, 5.74) is 1.11. The molecule has 2 aromatic heterocycles. The Bertz CT molecular complexity index is 1100. The summed E-state index contributed by atoms with van der Waals surface area (Å²) in [6.07, 6.45) is 5.54. The highest BCUT2D eigenvalue weighted by Crippen LogP contribution is 2.35. The summed E-state index contributed by atoms with van der Waals surface area (Å²) >= 11 is 0. The molecule has 0 aliphatic carbocycles. The second-order valence-electron chi connectivity index (χ2n) is 7.62. The summed E-state index contributed by atoms with van der Waals surface area (Å²) in [5.74, 6) is 0.952. The van der Waals surface area contributed by atoms with E-state index in [9.17, 15) is 8.42 Å². The third kappa shape index (κ3) is 3.70. The van der Waals surface area contributed by atoms with Crippen LogP contribution >= 0.6 is 0 Å². The Kier molecular flexibility index (Phi) is 5.23. The predicted octanol–water partition coefficient (Wildman–Crippen LogP) is 3.44. The lowest BCUT2D eigenvalue weighted by atomic mass is 9.82. The average Bonchev–Trinajstić information content (AvgIpc) is 3.26. The minimum absolute atomic E-state index is 0.322. The second-order valence-corrected chi connectivity index (χ2v) is 9.53. The lowest BCUT2D eigenvalue weighted by Crippen LogP contribution is -2.47. The highest BCUT2D eigenvalue weighted by Gasteiger charge is 2.41. The van der Waals surface area contributed by atoms with Crippen LogP contribution < -0.4 is 0 Å². The van der Waals surface area contributed by atoms with Crippen molar-refractivity contribution in [3.05, 3.63) is 60.2 Å². The maximum atomic E-state index is 13.4. The van der Waals surface area contributed by atoms with Gasteiger partial charge in [0.1, 0.15) is 0 Å². The molecule has 0 bridgehead atoms. The topological polar surface area (TPSA) is 89.2 Å². The first kappa shape index (κ1) is 19.7. The van der Waals surface area contributed by atoms with Crippen molar-refractivity contribution >= 4 is 10.0 Å². The van der Waals surface area contributed by atoms with Crippen LogP contribution in [0.15, 0.2) is 58.2 Å². The van der Waals surface area contributed by atoms with E-state index in [1.54, 1.807) is 41.0 Å². The third-order valence-corrected chi connectivity index (χ3v) is 7.47. The van der Waals surface area contributed by atoms with Crippen LogP contribution in [0.25, 0.3) is 11.5 Å². The first-order valence-electron chi connectivity index (χ1n) is 9.77. The molecule has 0 radical (unpaired) electrons. The first-order valence-corrected chi connectivity index (χ1v) is 11.2. The molecule has 3 heterocycles. The summed E-state index contributed by atoms with van der Waals surface area (Å²) in [6, 6.07) is 10.8. The van der Waals surface area contributed by atoms with Crippen LogP contribution in [0, 0.1) is 0 Å². The number of aryl methyl sites for hydroxylation is 1. The Morgan fingerprint density at radius 3 is 2.69 bits per heavy atom. The van der Waals surface area contributed by atoms with Crippen molar-refractivity contribution < 1.29 is 12.9 Å². The standard InChI is InChI=1S/C21H24N4O3S/c1-3-16-7-4-5-8-18(16)29(26,27)25-14-6-11-21(2,15-25)20-23-19(28-24-20)17-9-12-22-13-10-17/h4-5,7-10,12-13H,3,6,11,14-15H2,1-2H3. The van der Waals surface area contributed by atoms with Crippen LogP contribution in [0.2, 0.25) is 0 Å². The van der Waals surface area contributed by atoms with Crippen molar-refractivity contribution in [2.45, 2.75) is 43.4 Å². The average molecular weight is 413 g/mol. The number of piperidine rings is 1. The highest BCUT2D eigenvalue weighted by atomic mass is 32.2. The van der Waals surface area contributed by atoms with Crippen molar-refractivity contribution in [1.29, 1.82) is 0 Å². The van der Waals surface area contributed by atoms with E-state index in [1.807, 2.05) is 26.0 Å². The Morgan fingerprint density at radius 2 is 1.93 bits per heavy atom. The lowest BCUT2D eigenvalue weighted by Gasteiger charge is -2.37. The van der Waals surface area contributed by atoms with Crippen LogP contribution in [0.1, 0.15) is 38.1 Å². The van der Waals surface area contributed by atoms with Gasteiger partial charge < -0.3 is 4.52 Å². The molecular weight excluding hydrogens is 388 g/mol. The molecule has 1 atom stereocenters. The van der Waals surface area contributed by atoms with E-state index in [0.29, 0.717) is 36.1 Å². The van der Waals surface area contributed by atoms with Gasteiger partial charge in [0.15, 0.2) is 5.82 Å². The monoisotopic (exact) mass is 412 g/mol. The van der Waals surface area contributed by atoms with Crippen LogP contribution in [0.4, 0.5) is 0 Å². The molecule has 1 aliphatic rings. The summed E-state index contributed by atoms with van der Waals surface area (Å²) in [4.78, 5) is 8.96. The highest BCUT2D eigenvalue weighted by molar-refractivity contribution is 7.89. The van der Waals surface area contributed by atoms with Gasteiger partial charge in [0.2, 0.25) is 10.0 Å². The number of nitrogens with zero attached hydrogens (tertiary/aromatic N) is 4. The fourth-order valence-electron chi connectivity index (χ4n) is 3.85. The van der Waals surface area contributed by atoms with Gasteiger partial charge in [-0.2, -0.15) is 9.29 Å². The quantitative estimate of drug-likeness (QED) is 0.638. The molecule has 7 nitrogen and oxygen atoms in total. The fraction of sp³-hybridized carbons (Fsp3) is 0.381. The largest absolute Gasteiger partial charge is 0.334 e. The molecule has 1 saturated heterocycles. The van der Waals surface area contributed by atoms with Crippen molar-refractivity contribution in [3.63, 3.8) is 0 Å². The number of hydrogen-bond donors (Lipinski definition) is 0. The van der Waals surface area contributed by atoms with Gasteiger partial charge in [-0.3, -0.25) is 4.98 Å². The van der Waals surface area contributed by atoms with Gasteiger partial charge in [-0.25, -0.2) is 8.42 Å². The number of pyridine rings is 1. The predicted molar refractivity (Wildman–Crippen MR) is 109 cm³/mol. The number of sulfonamides is 1. The van der Waals surface area contributed by atoms with Crippen molar-refractivity contribution in [2.75, 3.05) is 13.1 Å². The smallest absolute Gasteiger partial charge is 0.258 e. The molecule has 1 aromatic carbocycles. The van der Waals surface area contributed by atoms with E-state index < -0.39 is 15.4 Å². The van der Waals surface area contributed by atoms with Gasteiger partial charge >= 0.3 is 0 Å². The Hall–Kier alpha value is -2.58. The van der Waals surface area contributed by atoms with E-state index in [0.717, 1.165) is 24.0 Å². The molecule has 0 spiro atoms. The van der Waals surface area contributed by atoms with E-state index in [1.165, 1.54) is 0 Å². The Balaban J connectivity index is 1.63. The van der Waals surface area contributed by atoms with E-state index >= 15 is 0 Å². The molecule has 0 N–H and O–H groups in total. The van der Waals surface area contributed by atoms with Gasteiger partial charge in [-0.15, -0.1) is 0 Å². The van der Waals surface area contributed by atoms with Gasteiger partial charge in [0.05, 0.1) is 4.90 Å². The SMILES string of the molecule is CCc1ccccc1S(=O)(=O)N1CCCC(C)(c2noc(-c3ccncc3)n2)C1. The fourth-order valence-corrected chi connectivity index (χ4v) is 5.74. The van der Waals surface area contributed by atoms with Gasteiger partial charge in [-0.05, 0) is 43.0 Å². The number of aromatic nitrogens is 3. The summed E-state index contributed by atoms with van der Waals surface area (Å²) in [7, 11) is -3.59. The lowest BCUT2D eigenvalue weighted by molar-refractivity contribution is 0.226. The molecule has 0 amide bonds. The maximum Gasteiger partial charge on any atom is 0.258 e. The van der Waals surface area contributed by atoms with Crippen LogP contribution in [0.3, 0.4) is 0 Å². The first-order chi connectivity index (χ1) is 13.9. The molecule has 0 saturated carbocycles. The number of hydrogen-bond acceptors (Lipinski definition) is 6. The van der Waals surface area contributed by atoms with Crippen molar-refractivity contribution in [3.8, 4) is 11.5 Å². The summed E-state index contributed by atoms with van der Waals surface area (Å²) < 4.78 is 33.8. The molecule has 1 aliphatic heterocycles. The molecule has 3 aromatic rings. The Morgan fingerprint density at radius 1 is 1.17 bits per heavy atom. The van der Waals surface area contributed by atoms with Crippen molar-refractivity contribution in [1.82, 2.24) is 19.4 Å². The maximum absolute atomic E-state index is 13.4. The van der Waals surface area contributed by atoms with E-state index in [-0.39, 0.29) is 0 Å². The normalized spacial score (nSPS) is 20.6. The summed E-state index contributed by atoms with van der Waals surface area (Å²) in [6.45, 7) is 4.78. The van der Waals surface area contributed by atoms with E-state index in [2.05, 4.69) is 15.1 Å². The minimum atomic E-state index is -3.59. The van der Waals surface area contributed by atoms with Crippen molar-refractivity contribution in [2.24, 2.45) is 0 Å². The number of rotatable bonds is 5. The molecule has 1 fully saturated rings. The summed E-state index contributed by atoms with van der Waals surface area (Å²) in [5, 5.41) is 4.18. The van der Waals surface area contributed by atoms with Crippen LogP contribution in [-0.2, 0) is 21.9 Å². The molecule has 8 heteroatoms. The molecular formula is C21H24N4O3S. The van der Waals surface area contributed by atoms with Gasteiger partial charge in [0.25, 0.3) is 5.89 Å². The molecule has 4 rings (SSSR count).